The SMILES string of the molecule is CCOC(=O)CN1CCC[C@@H]1c1ccc(C(=O)NCc2ccncc2)s1. The Hall–Kier alpha value is -2.25. The summed E-state index contributed by atoms with van der Waals surface area (Å²) in [5.41, 5.74) is 1.02. The van der Waals surface area contributed by atoms with Crippen molar-refractivity contribution in [2.75, 3.05) is 19.7 Å². The van der Waals surface area contributed by atoms with E-state index in [9.17, 15) is 9.59 Å². The molecule has 0 aliphatic carbocycles. The number of thiophene rings is 1. The summed E-state index contributed by atoms with van der Waals surface area (Å²) in [5.74, 6) is -0.265. The van der Waals surface area contributed by atoms with Gasteiger partial charge < -0.3 is 10.1 Å². The van der Waals surface area contributed by atoms with Crippen LogP contribution in [0.2, 0.25) is 0 Å². The minimum atomic E-state index is -0.189. The Morgan fingerprint density at radius 3 is 2.88 bits per heavy atom. The number of nitrogens with zero attached hydrogens (tertiary/aromatic N) is 2. The van der Waals surface area contributed by atoms with Crippen molar-refractivity contribution in [2.24, 2.45) is 0 Å². The number of rotatable bonds is 7. The topological polar surface area (TPSA) is 71.5 Å². The van der Waals surface area contributed by atoms with E-state index in [2.05, 4.69) is 15.2 Å². The van der Waals surface area contributed by atoms with Crippen molar-refractivity contribution < 1.29 is 14.3 Å². The lowest BCUT2D eigenvalue weighted by Gasteiger charge is -2.22. The first-order valence-electron chi connectivity index (χ1n) is 8.84. The van der Waals surface area contributed by atoms with Gasteiger partial charge in [-0.15, -0.1) is 11.3 Å². The third kappa shape index (κ3) is 4.68. The van der Waals surface area contributed by atoms with Crippen molar-refractivity contribution in [3.05, 3.63) is 52.0 Å². The van der Waals surface area contributed by atoms with E-state index in [1.807, 2.05) is 31.2 Å². The molecule has 0 unspecified atom stereocenters. The lowest BCUT2D eigenvalue weighted by atomic mass is 10.2. The predicted octanol–water partition coefficient (Wildman–Crippen LogP) is 2.77. The van der Waals surface area contributed by atoms with Crippen LogP contribution in [0.4, 0.5) is 0 Å². The molecule has 1 saturated heterocycles. The molecule has 1 aliphatic heterocycles. The zero-order valence-corrected chi connectivity index (χ0v) is 15.6. The lowest BCUT2D eigenvalue weighted by Crippen LogP contribution is -2.30. The molecule has 1 amide bonds. The van der Waals surface area contributed by atoms with E-state index >= 15 is 0 Å². The summed E-state index contributed by atoms with van der Waals surface area (Å²) in [7, 11) is 0. The van der Waals surface area contributed by atoms with Gasteiger partial charge in [0.25, 0.3) is 5.91 Å². The fourth-order valence-electron chi connectivity index (χ4n) is 3.13. The minimum absolute atomic E-state index is 0.0759. The molecule has 7 heteroatoms. The first kappa shape index (κ1) is 18.5. The van der Waals surface area contributed by atoms with Crippen molar-refractivity contribution in [3.63, 3.8) is 0 Å². The number of carbonyl (C=O) groups excluding carboxylic acids is 2. The largest absolute Gasteiger partial charge is 0.465 e. The van der Waals surface area contributed by atoms with Crippen molar-refractivity contribution in [1.82, 2.24) is 15.2 Å². The molecule has 0 bridgehead atoms. The number of esters is 1. The smallest absolute Gasteiger partial charge is 0.320 e. The van der Waals surface area contributed by atoms with Gasteiger partial charge in [-0.25, -0.2) is 0 Å². The second kappa shape index (κ2) is 8.91. The number of hydrogen-bond acceptors (Lipinski definition) is 6. The zero-order chi connectivity index (χ0) is 18.4. The molecule has 2 aromatic rings. The first-order chi connectivity index (χ1) is 12.7. The van der Waals surface area contributed by atoms with Crippen LogP contribution in [-0.4, -0.2) is 41.5 Å². The van der Waals surface area contributed by atoms with E-state index in [0.717, 1.165) is 29.8 Å². The second-order valence-electron chi connectivity index (χ2n) is 6.17. The molecular weight excluding hydrogens is 350 g/mol. The van der Waals surface area contributed by atoms with Crippen LogP contribution < -0.4 is 5.32 Å². The van der Waals surface area contributed by atoms with Gasteiger partial charge in [-0.05, 0) is 56.1 Å². The summed E-state index contributed by atoms with van der Waals surface area (Å²) < 4.78 is 5.06. The fraction of sp³-hybridized carbons (Fsp3) is 0.421. The van der Waals surface area contributed by atoms with E-state index in [-0.39, 0.29) is 17.9 Å². The Morgan fingerprint density at radius 2 is 2.12 bits per heavy atom. The Morgan fingerprint density at radius 1 is 1.31 bits per heavy atom. The summed E-state index contributed by atoms with van der Waals surface area (Å²) in [6.07, 6.45) is 5.47. The lowest BCUT2D eigenvalue weighted by molar-refractivity contribution is -0.144. The van der Waals surface area contributed by atoms with Gasteiger partial charge in [-0.2, -0.15) is 0 Å². The molecule has 1 fully saturated rings. The van der Waals surface area contributed by atoms with Gasteiger partial charge in [0.1, 0.15) is 0 Å². The Kier molecular flexibility index (Phi) is 6.35. The molecule has 2 aromatic heterocycles. The highest BCUT2D eigenvalue weighted by Crippen LogP contribution is 2.35. The molecule has 1 N–H and O–H groups in total. The van der Waals surface area contributed by atoms with E-state index in [1.54, 1.807) is 12.4 Å². The minimum Gasteiger partial charge on any atom is -0.465 e. The van der Waals surface area contributed by atoms with Crippen LogP contribution in [0.25, 0.3) is 0 Å². The number of nitrogens with one attached hydrogen (secondary N) is 1. The predicted molar refractivity (Wildman–Crippen MR) is 99.9 cm³/mol. The van der Waals surface area contributed by atoms with Gasteiger partial charge in [-0.1, -0.05) is 0 Å². The zero-order valence-electron chi connectivity index (χ0n) is 14.8. The molecule has 0 aromatic carbocycles. The Balaban J connectivity index is 1.59. The molecule has 0 radical (unpaired) electrons. The van der Waals surface area contributed by atoms with Crippen LogP contribution in [0, 0.1) is 0 Å². The number of aromatic nitrogens is 1. The number of pyridine rings is 1. The number of ether oxygens (including phenoxy) is 1. The van der Waals surface area contributed by atoms with E-state index in [4.69, 9.17) is 4.74 Å². The average Bonchev–Trinajstić information content (AvgIpc) is 3.30. The van der Waals surface area contributed by atoms with Crippen molar-refractivity contribution in [1.29, 1.82) is 0 Å². The Bertz CT molecular complexity index is 747. The quantitative estimate of drug-likeness (QED) is 0.756. The summed E-state index contributed by atoms with van der Waals surface area (Å²) >= 11 is 1.50. The molecule has 6 nitrogen and oxygen atoms in total. The molecule has 1 aliphatic rings. The highest BCUT2D eigenvalue weighted by atomic mass is 32.1. The van der Waals surface area contributed by atoms with Gasteiger partial charge in [0.2, 0.25) is 0 Å². The molecule has 0 spiro atoms. The molecule has 3 heterocycles. The van der Waals surface area contributed by atoms with Gasteiger partial charge in [0, 0.05) is 29.9 Å². The molecule has 3 rings (SSSR count). The van der Waals surface area contributed by atoms with Crippen LogP contribution in [0.5, 0.6) is 0 Å². The summed E-state index contributed by atoms with van der Waals surface area (Å²) in [6, 6.07) is 7.81. The third-order valence-corrected chi connectivity index (χ3v) is 5.57. The van der Waals surface area contributed by atoms with Gasteiger partial charge >= 0.3 is 5.97 Å². The number of carbonyl (C=O) groups is 2. The average molecular weight is 373 g/mol. The van der Waals surface area contributed by atoms with E-state index in [0.29, 0.717) is 24.6 Å². The highest BCUT2D eigenvalue weighted by molar-refractivity contribution is 7.14. The second-order valence-corrected chi connectivity index (χ2v) is 7.29. The molecule has 138 valence electrons. The number of hydrogen-bond donors (Lipinski definition) is 1. The normalized spacial score (nSPS) is 17.2. The van der Waals surface area contributed by atoms with Crippen LogP contribution in [0.1, 0.15) is 45.9 Å². The van der Waals surface area contributed by atoms with Gasteiger partial charge in [-0.3, -0.25) is 19.5 Å². The maximum absolute atomic E-state index is 12.4. The van der Waals surface area contributed by atoms with Gasteiger partial charge in [0.15, 0.2) is 0 Å². The van der Waals surface area contributed by atoms with Crippen LogP contribution in [0.15, 0.2) is 36.7 Å². The van der Waals surface area contributed by atoms with Crippen molar-refractivity contribution >= 4 is 23.2 Å². The number of likely N-dealkylation sites (tertiary alicyclic amines) is 1. The standard InChI is InChI=1S/C19H23N3O3S/c1-2-25-18(23)13-22-11-3-4-15(22)16-5-6-17(26-16)19(24)21-12-14-7-9-20-10-8-14/h5-10,15H,2-4,11-13H2,1H3,(H,21,24)/t15-/m1/s1. The summed E-state index contributed by atoms with van der Waals surface area (Å²) in [6.45, 7) is 3.88. The fourth-order valence-corrected chi connectivity index (χ4v) is 4.23. The van der Waals surface area contributed by atoms with Crippen LogP contribution in [-0.2, 0) is 16.1 Å². The monoisotopic (exact) mass is 373 g/mol. The first-order valence-corrected chi connectivity index (χ1v) is 9.65. The number of amides is 1. The molecule has 1 atom stereocenters. The van der Waals surface area contributed by atoms with E-state index in [1.165, 1.54) is 11.3 Å². The van der Waals surface area contributed by atoms with Gasteiger partial charge in [0.05, 0.1) is 18.0 Å². The molecule has 26 heavy (non-hydrogen) atoms. The summed E-state index contributed by atoms with van der Waals surface area (Å²) in [5, 5.41) is 2.94. The highest BCUT2D eigenvalue weighted by Gasteiger charge is 2.29. The van der Waals surface area contributed by atoms with Crippen LogP contribution in [0.3, 0.4) is 0 Å². The third-order valence-electron chi connectivity index (χ3n) is 4.38. The van der Waals surface area contributed by atoms with Crippen LogP contribution >= 0.6 is 11.3 Å². The Labute approximate surface area is 157 Å². The maximum atomic E-state index is 12.4. The van der Waals surface area contributed by atoms with Crippen molar-refractivity contribution in [2.45, 2.75) is 32.4 Å². The summed E-state index contributed by atoms with van der Waals surface area (Å²) in [4.78, 5) is 32.1. The van der Waals surface area contributed by atoms with E-state index < -0.39 is 0 Å². The maximum Gasteiger partial charge on any atom is 0.320 e. The molecular formula is C19H23N3O3S. The van der Waals surface area contributed by atoms with Crippen molar-refractivity contribution in [3.8, 4) is 0 Å². The molecule has 0 saturated carbocycles.